The Morgan fingerprint density at radius 1 is 0.900 bits per heavy atom. The number of esters is 1. The second-order valence-electron chi connectivity index (χ2n) is 4.09. The molecule has 0 spiro atoms. The van der Waals surface area contributed by atoms with Crippen molar-refractivity contribution in [1.29, 1.82) is 5.41 Å². The molecule has 20 heavy (non-hydrogen) atoms. The van der Waals surface area contributed by atoms with Crippen molar-refractivity contribution in [2.75, 3.05) is 0 Å². The number of hydrogen-bond acceptors (Lipinski definition) is 4. The van der Waals surface area contributed by atoms with Crippen LogP contribution in [0.3, 0.4) is 0 Å². The van der Waals surface area contributed by atoms with Crippen molar-refractivity contribution in [1.82, 2.24) is 0 Å². The molecule has 0 fully saturated rings. The number of rotatable bonds is 5. The summed E-state index contributed by atoms with van der Waals surface area (Å²) in [6, 6.07) is 16.8. The van der Waals surface area contributed by atoms with Gasteiger partial charge in [0.2, 0.25) is 5.78 Å². The molecule has 0 aliphatic rings. The van der Waals surface area contributed by atoms with Crippen LogP contribution in [0.4, 0.5) is 0 Å². The molecule has 1 atom stereocenters. The average molecular weight is 267 g/mol. The second-order valence-corrected chi connectivity index (χ2v) is 4.09. The summed E-state index contributed by atoms with van der Waals surface area (Å²) in [5.41, 5.74) is 0.752. The molecule has 0 bridgehead atoms. The lowest BCUT2D eigenvalue weighted by Gasteiger charge is -2.12. The van der Waals surface area contributed by atoms with Crippen LogP contribution in [0.1, 0.15) is 20.7 Å². The number of ketones is 1. The van der Waals surface area contributed by atoms with Crippen LogP contribution in [0.15, 0.2) is 60.7 Å². The van der Waals surface area contributed by atoms with Gasteiger partial charge in [0.1, 0.15) is 0 Å². The van der Waals surface area contributed by atoms with E-state index in [4.69, 9.17) is 10.1 Å². The Morgan fingerprint density at radius 3 is 1.90 bits per heavy atom. The number of carbonyl (C=O) groups excluding carboxylic acids is 2. The first-order valence-electron chi connectivity index (χ1n) is 6.08. The van der Waals surface area contributed by atoms with Crippen molar-refractivity contribution < 1.29 is 14.3 Å². The maximum atomic E-state index is 12.1. The number of benzene rings is 2. The lowest BCUT2D eigenvalue weighted by atomic mass is 10.1. The first kappa shape index (κ1) is 13.7. The topological polar surface area (TPSA) is 67.2 Å². The van der Waals surface area contributed by atoms with Crippen LogP contribution >= 0.6 is 0 Å². The molecule has 1 N–H and O–H groups in total. The Morgan fingerprint density at radius 2 is 1.40 bits per heavy atom. The molecule has 4 heteroatoms. The number of carbonyl (C=O) groups is 2. The largest absolute Gasteiger partial charge is 0.444 e. The second kappa shape index (κ2) is 6.43. The third-order valence-electron chi connectivity index (χ3n) is 2.71. The Hall–Kier alpha value is -2.75. The van der Waals surface area contributed by atoms with Crippen molar-refractivity contribution in [2.45, 2.75) is 6.10 Å². The maximum absolute atomic E-state index is 12.1. The highest BCUT2D eigenvalue weighted by molar-refractivity contribution is 6.09. The third-order valence-corrected chi connectivity index (χ3v) is 2.71. The lowest BCUT2D eigenvalue weighted by Crippen LogP contribution is -2.28. The van der Waals surface area contributed by atoms with Gasteiger partial charge in [-0.25, -0.2) is 4.79 Å². The molecule has 0 saturated carbocycles. The van der Waals surface area contributed by atoms with E-state index in [2.05, 4.69) is 0 Å². The summed E-state index contributed by atoms with van der Waals surface area (Å²) >= 11 is 0. The molecule has 1 unspecified atom stereocenters. The van der Waals surface area contributed by atoms with Crippen LogP contribution in [0, 0.1) is 5.41 Å². The molecule has 0 saturated heterocycles. The number of ether oxygens (including phenoxy) is 1. The normalized spacial score (nSPS) is 11.4. The van der Waals surface area contributed by atoms with Crippen molar-refractivity contribution in [3.05, 3.63) is 71.8 Å². The van der Waals surface area contributed by atoms with Gasteiger partial charge in [0.25, 0.3) is 0 Å². The highest BCUT2D eigenvalue weighted by atomic mass is 16.5. The molecule has 100 valence electrons. The Labute approximate surface area is 116 Å². The van der Waals surface area contributed by atoms with E-state index >= 15 is 0 Å². The standard InChI is InChI=1S/C16H13NO3/c17-11-14(15(18)12-7-3-1-4-8-12)20-16(19)13-9-5-2-6-10-13/h1-11,14,17H. The van der Waals surface area contributed by atoms with Crippen LogP contribution in [-0.4, -0.2) is 24.1 Å². The molecule has 0 radical (unpaired) electrons. The van der Waals surface area contributed by atoms with Gasteiger partial charge >= 0.3 is 5.97 Å². The monoisotopic (exact) mass is 267 g/mol. The Bertz CT molecular complexity index is 608. The third kappa shape index (κ3) is 3.17. The van der Waals surface area contributed by atoms with E-state index in [1.807, 2.05) is 0 Å². The quantitative estimate of drug-likeness (QED) is 0.514. The van der Waals surface area contributed by atoms with Crippen molar-refractivity contribution in [3.8, 4) is 0 Å². The smallest absolute Gasteiger partial charge is 0.339 e. The minimum atomic E-state index is -1.20. The molecule has 0 heterocycles. The van der Waals surface area contributed by atoms with Gasteiger partial charge in [-0.05, 0) is 12.1 Å². The summed E-state index contributed by atoms with van der Waals surface area (Å²) in [6.07, 6.45) is -0.374. The molecular formula is C16H13NO3. The van der Waals surface area contributed by atoms with Gasteiger partial charge in [-0.1, -0.05) is 48.5 Å². The SMILES string of the molecule is N=CC(OC(=O)c1ccccc1)C(=O)c1ccccc1. The Balaban J connectivity index is 2.12. The maximum Gasteiger partial charge on any atom is 0.339 e. The van der Waals surface area contributed by atoms with E-state index < -0.39 is 17.9 Å². The van der Waals surface area contributed by atoms with Crippen LogP contribution < -0.4 is 0 Å². The molecule has 0 aliphatic heterocycles. The highest BCUT2D eigenvalue weighted by Crippen LogP contribution is 2.08. The fraction of sp³-hybridized carbons (Fsp3) is 0.0625. The van der Waals surface area contributed by atoms with Crippen LogP contribution in [0.25, 0.3) is 0 Å². The van der Waals surface area contributed by atoms with E-state index in [-0.39, 0.29) is 0 Å². The predicted molar refractivity (Wildman–Crippen MR) is 75.2 cm³/mol. The summed E-state index contributed by atoms with van der Waals surface area (Å²) in [5, 5.41) is 7.27. The summed E-state index contributed by atoms with van der Waals surface area (Å²) in [5.74, 6) is -1.03. The zero-order chi connectivity index (χ0) is 14.4. The molecule has 0 amide bonds. The average Bonchev–Trinajstić information content (AvgIpc) is 2.53. The minimum absolute atomic E-state index is 0.347. The first-order chi connectivity index (χ1) is 9.72. The first-order valence-corrected chi connectivity index (χ1v) is 6.08. The zero-order valence-electron chi connectivity index (χ0n) is 10.7. The molecule has 2 aromatic rings. The summed E-state index contributed by atoms with van der Waals surface area (Å²) in [4.78, 5) is 24.0. The molecule has 2 aromatic carbocycles. The summed E-state index contributed by atoms with van der Waals surface area (Å²) < 4.78 is 5.07. The number of Topliss-reactive ketones (excluding diaryl/α,β-unsaturated/α-hetero) is 1. The van der Waals surface area contributed by atoms with Crippen molar-refractivity contribution in [2.24, 2.45) is 0 Å². The van der Waals surface area contributed by atoms with Crippen molar-refractivity contribution in [3.63, 3.8) is 0 Å². The van der Waals surface area contributed by atoms with Gasteiger partial charge in [0.05, 0.1) is 5.56 Å². The highest BCUT2D eigenvalue weighted by Gasteiger charge is 2.22. The van der Waals surface area contributed by atoms with E-state index in [1.165, 1.54) is 0 Å². The fourth-order valence-corrected chi connectivity index (χ4v) is 1.69. The van der Waals surface area contributed by atoms with Crippen LogP contribution in [0.2, 0.25) is 0 Å². The van der Waals surface area contributed by atoms with E-state index in [0.29, 0.717) is 11.1 Å². The van der Waals surface area contributed by atoms with Gasteiger partial charge < -0.3 is 10.1 Å². The molecule has 0 aromatic heterocycles. The van der Waals surface area contributed by atoms with E-state index in [9.17, 15) is 9.59 Å². The number of hydrogen-bond donors (Lipinski definition) is 1. The predicted octanol–water partition coefficient (Wildman–Crippen LogP) is 2.74. The van der Waals surface area contributed by atoms with E-state index in [0.717, 1.165) is 6.21 Å². The van der Waals surface area contributed by atoms with Crippen LogP contribution in [0.5, 0.6) is 0 Å². The summed E-state index contributed by atoms with van der Waals surface area (Å²) in [7, 11) is 0. The van der Waals surface area contributed by atoms with Gasteiger partial charge in [-0.3, -0.25) is 4.79 Å². The molecule has 2 rings (SSSR count). The fourth-order valence-electron chi connectivity index (χ4n) is 1.69. The molecular weight excluding hydrogens is 254 g/mol. The van der Waals surface area contributed by atoms with Gasteiger partial charge in [0, 0.05) is 11.8 Å². The van der Waals surface area contributed by atoms with Gasteiger partial charge in [-0.15, -0.1) is 0 Å². The minimum Gasteiger partial charge on any atom is -0.444 e. The molecule has 0 aliphatic carbocycles. The molecule has 4 nitrogen and oxygen atoms in total. The lowest BCUT2D eigenvalue weighted by molar-refractivity contribution is 0.0400. The number of nitrogens with one attached hydrogen (secondary N) is 1. The summed E-state index contributed by atoms with van der Waals surface area (Å²) in [6.45, 7) is 0. The van der Waals surface area contributed by atoms with Gasteiger partial charge in [-0.2, -0.15) is 0 Å². The van der Waals surface area contributed by atoms with Crippen LogP contribution in [-0.2, 0) is 4.74 Å². The van der Waals surface area contributed by atoms with E-state index in [1.54, 1.807) is 60.7 Å². The van der Waals surface area contributed by atoms with Crippen molar-refractivity contribution >= 4 is 18.0 Å². The van der Waals surface area contributed by atoms with Gasteiger partial charge in [0.15, 0.2) is 6.10 Å². The zero-order valence-corrected chi connectivity index (χ0v) is 10.7. The Kier molecular flexibility index (Phi) is 4.39.